The van der Waals surface area contributed by atoms with Crippen molar-refractivity contribution >= 4 is 0 Å². The average Bonchev–Trinajstić information content (AvgIpc) is 2.78. The van der Waals surface area contributed by atoms with E-state index in [1.807, 2.05) is 0 Å². The molecular weight excluding hydrogens is 364 g/mol. The highest BCUT2D eigenvalue weighted by Crippen LogP contribution is 2.47. The maximum atomic E-state index is 6.19. The lowest BCUT2D eigenvalue weighted by atomic mass is 9.65. The Morgan fingerprint density at radius 2 is 1.67 bits per heavy atom. The van der Waals surface area contributed by atoms with Gasteiger partial charge in [0, 0.05) is 6.61 Å². The number of ether oxygens (including phenoxy) is 1. The first-order chi connectivity index (χ1) is 14.8. The Kier molecular flexibility index (Phi) is 8.33. The highest BCUT2D eigenvalue weighted by atomic mass is 16.5. The van der Waals surface area contributed by atoms with Crippen LogP contribution in [0.3, 0.4) is 0 Å². The highest BCUT2D eigenvalue weighted by molar-refractivity contribution is 5.36. The lowest BCUT2D eigenvalue weighted by Crippen LogP contribution is -2.34. The van der Waals surface area contributed by atoms with Gasteiger partial charge in [-0.05, 0) is 105 Å². The first-order valence-electron chi connectivity index (χ1n) is 13.5. The molecule has 0 bridgehead atoms. The number of rotatable bonds is 9. The van der Waals surface area contributed by atoms with Crippen LogP contribution in [0.5, 0.6) is 0 Å². The van der Waals surface area contributed by atoms with Crippen LogP contribution in [0.25, 0.3) is 0 Å². The molecule has 0 radical (unpaired) electrons. The predicted octanol–water partition coefficient (Wildman–Crippen LogP) is 8.24. The number of unbranched alkanes of at least 4 members (excludes halogenated alkanes) is 3. The van der Waals surface area contributed by atoms with Crippen LogP contribution in [0.4, 0.5) is 0 Å². The molecule has 0 spiro atoms. The van der Waals surface area contributed by atoms with Gasteiger partial charge < -0.3 is 4.74 Å². The van der Waals surface area contributed by atoms with Gasteiger partial charge in [0.15, 0.2) is 0 Å². The number of fused-ring (bicyclic) bond motifs is 2. The lowest BCUT2D eigenvalue weighted by molar-refractivity contribution is -0.0159. The summed E-state index contributed by atoms with van der Waals surface area (Å²) in [5.41, 5.74) is 5.03. The number of hydrogen-bond donors (Lipinski definition) is 0. The first-order valence-corrected chi connectivity index (χ1v) is 13.5. The Labute approximate surface area is 186 Å². The van der Waals surface area contributed by atoms with Crippen LogP contribution in [0.2, 0.25) is 0 Å². The van der Waals surface area contributed by atoms with E-state index in [4.69, 9.17) is 4.74 Å². The molecule has 0 N–H and O–H groups in total. The monoisotopic (exact) mass is 410 g/mol. The summed E-state index contributed by atoms with van der Waals surface area (Å²) < 4.78 is 6.19. The van der Waals surface area contributed by atoms with Crippen molar-refractivity contribution in [3.63, 3.8) is 0 Å². The standard InChI is InChI=1S/C29H46O/c1-3-5-7-8-22-9-10-24-19-25(12-11-23(24)18-22)26-13-14-28-21-29(30-17-6-4-2)16-15-27(28)20-26/h11-12,19,22,26-29H,3-10,13-18,20-21H2,1-2H3. The van der Waals surface area contributed by atoms with Crippen molar-refractivity contribution in [2.24, 2.45) is 17.8 Å². The minimum Gasteiger partial charge on any atom is -0.378 e. The molecule has 0 saturated heterocycles. The molecule has 4 rings (SSSR count). The Morgan fingerprint density at radius 3 is 2.53 bits per heavy atom. The molecule has 0 heterocycles. The quantitative estimate of drug-likeness (QED) is 0.372. The van der Waals surface area contributed by atoms with Crippen LogP contribution in [-0.4, -0.2) is 12.7 Å². The fraction of sp³-hybridized carbons (Fsp3) is 0.793. The normalized spacial score (nSPS) is 31.2. The van der Waals surface area contributed by atoms with E-state index in [9.17, 15) is 0 Å². The molecule has 0 aliphatic heterocycles. The molecule has 1 heteroatoms. The molecule has 0 aromatic heterocycles. The summed E-state index contributed by atoms with van der Waals surface area (Å²) in [6, 6.07) is 7.65. The summed E-state index contributed by atoms with van der Waals surface area (Å²) in [5, 5.41) is 0. The van der Waals surface area contributed by atoms with Gasteiger partial charge in [-0.1, -0.05) is 64.2 Å². The molecular formula is C29H46O. The second-order valence-corrected chi connectivity index (χ2v) is 10.8. The predicted molar refractivity (Wildman–Crippen MR) is 128 cm³/mol. The molecule has 2 saturated carbocycles. The Hall–Kier alpha value is -0.820. The minimum absolute atomic E-state index is 0.559. The summed E-state index contributed by atoms with van der Waals surface area (Å²) in [6.45, 7) is 5.56. The third-order valence-electron chi connectivity index (χ3n) is 8.66. The Balaban J connectivity index is 1.29. The van der Waals surface area contributed by atoms with Gasteiger partial charge >= 0.3 is 0 Å². The van der Waals surface area contributed by atoms with E-state index in [1.54, 1.807) is 16.7 Å². The average molecular weight is 411 g/mol. The first kappa shape index (κ1) is 22.4. The van der Waals surface area contributed by atoms with Gasteiger partial charge in [0.2, 0.25) is 0 Å². The molecule has 168 valence electrons. The van der Waals surface area contributed by atoms with Crippen molar-refractivity contribution in [1.29, 1.82) is 0 Å². The Bertz CT molecular complexity index is 650. The summed E-state index contributed by atoms with van der Waals surface area (Å²) in [6.07, 6.45) is 21.1. The molecule has 2 fully saturated rings. The molecule has 1 aromatic rings. The maximum absolute atomic E-state index is 6.19. The number of benzene rings is 1. The van der Waals surface area contributed by atoms with E-state index in [0.29, 0.717) is 6.10 Å². The van der Waals surface area contributed by atoms with Crippen LogP contribution in [-0.2, 0) is 17.6 Å². The molecule has 30 heavy (non-hydrogen) atoms. The Morgan fingerprint density at radius 1 is 0.833 bits per heavy atom. The molecule has 3 aliphatic rings. The minimum atomic E-state index is 0.559. The zero-order valence-corrected chi connectivity index (χ0v) is 19.8. The maximum Gasteiger partial charge on any atom is 0.0578 e. The third-order valence-corrected chi connectivity index (χ3v) is 8.66. The molecule has 1 nitrogen and oxygen atoms in total. The van der Waals surface area contributed by atoms with E-state index in [1.165, 1.54) is 96.3 Å². The molecule has 1 aromatic carbocycles. The van der Waals surface area contributed by atoms with Crippen molar-refractivity contribution in [2.45, 2.75) is 122 Å². The second-order valence-electron chi connectivity index (χ2n) is 10.8. The molecule has 3 aliphatic carbocycles. The number of hydrogen-bond acceptors (Lipinski definition) is 1. The fourth-order valence-corrected chi connectivity index (χ4v) is 6.73. The number of aryl methyl sites for hydroxylation is 1. The fourth-order valence-electron chi connectivity index (χ4n) is 6.73. The third kappa shape index (κ3) is 5.70. The van der Waals surface area contributed by atoms with Crippen LogP contribution < -0.4 is 0 Å². The van der Waals surface area contributed by atoms with Crippen molar-refractivity contribution < 1.29 is 4.74 Å². The van der Waals surface area contributed by atoms with Crippen molar-refractivity contribution in [3.05, 3.63) is 34.9 Å². The summed E-state index contributed by atoms with van der Waals surface area (Å²) in [4.78, 5) is 0. The van der Waals surface area contributed by atoms with Crippen LogP contribution in [0, 0.1) is 17.8 Å². The molecule has 5 unspecified atom stereocenters. The van der Waals surface area contributed by atoms with Crippen molar-refractivity contribution in [3.8, 4) is 0 Å². The van der Waals surface area contributed by atoms with E-state index in [2.05, 4.69) is 32.0 Å². The smallest absolute Gasteiger partial charge is 0.0578 e. The van der Waals surface area contributed by atoms with E-state index in [0.717, 1.165) is 30.3 Å². The van der Waals surface area contributed by atoms with Gasteiger partial charge in [0.1, 0.15) is 0 Å². The zero-order valence-electron chi connectivity index (χ0n) is 19.8. The van der Waals surface area contributed by atoms with E-state index >= 15 is 0 Å². The SMILES string of the molecule is CCCCCC1CCc2cc(C3CCC4CC(OCCCC)CCC4C3)ccc2C1. The highest BCUT2D eigenvalue weighted by Gasteiger charge is 2.36. The lowest BCUT2D eigenvalue weighted by Gasteiger charge is -2.42. The van der Waals surface area contributed by atoms with E-state index < -0.39 is 0 Å². The molecule has 0 amide bonds. The van der Waals surface area contributed by atoms with Gasteiger partial charge in [-0.3, -0.25) is 0 Å². The summed E-state index contributed by atoms with van der Waals surface area (Å²) in [7, 11) is 0. The van der Waals surface area contributed by atoms with Gasteiger partial charge in [-0.15, -0.1) is 0 Å². The largest absolute Gasteiger partial charge is 0.378 e. The van der Waals surface area contributed by atoms with Crippen LogP contribution >= 0.6 is 0 Å². The molecule has 5 atom stereocenters. The topological polar surface area (TPSA) is 9.23 Å². The van der Waals surface area contributed by atoms with Crippen molar-refractivity contribution in [2.75, 3.05) is 6.61 Å². The summed E-state index contributed by atoms with van der Waals surface area (Å²) >= 11 is 0. The van der Waals surface area contributed by atoms with E-state index in [-0.39, 0.29) is 0 Å². The zero-order chi connectivity index (χ0) is 20.8. The van der Waals surface area contributed by atoms with Gasteiger partial charge in [0.25, 0.3) is 0 Å². The van der Waals surface area contributed by atoms with Crippen LogP contribution in [0.1, 0.15) is 120 Å². The van der Waals surface area contributed by atoms with Gasteiger partial charge in [0.05, 0.1) is 6.10 Å². The summed E-state index contributed by atoms with van der Waals surface area (Å²) in [5.74, 6) is 3.65. The van der Waals surface area contributed by atoms with Gasteiger partial charge in [-0.2, -0.15) is 0 Å². The van der Waals surface area contributed by atoms with Gasteiger partial charge in [-0.25, -0.2) is 0 Å². The van der Waals surface area contributed by atoms with Crippen LogP contribution in [0.15, 0.2) is 18.2 Å². The van der Waals surface area contributed by atoms with Crippen molar-refractivity contribution in [1.82, 2.24) is 0 Å². The second kappa shape index (κ2) is 11.2.